The maximum absolute atomic E-state index is 13.0. The third-order valence-corrected chi connectivity index (χ3v) is 6.29. The summed E-state index contributed by atoms with van der Waals surface area (Å²) in [4.78, 5) is 31.5. The van der Waals surface area contributed by atoms with Crippen LogP contribution in [0.5, 0.6) is 0 Å². The average molecular weight is 480 g/mol. The van der Waals surface area contributed by atoms with Gasteiger partial charge in [-0.1, -0.05) is 54.6 Å². The van der Waals surface area contributed by atoms with Gasteiger partial charge in [-0.2, -0.15) is 5.26 Å². The van der Waals surface area contributed by atoms with Crippen molar-refractivity contribution in [2.24, 2.45) is 0 Å². The molecule has 7 heteroatoms. The Morgan fingerprint density at radius 3 is 2.08 bits per heavy atom. The van der Waals surface area contributed by atoms with Crippen LogP contribution in [0.4, 0.5) is 22.7 Å². The van der Waals surface area contributed by atoms with Crippen LogP contribution in [0.25, 0.3) is 0 Å². The number of nitrogens with one attached hydrogen (secondary N) is 1. The van der Waals surface area contributed by atoms with Gasteiger partial charge in [-0.05, 0) is 29.8 Å². The molecular weight excluding hydrogens is 450 g/mol. The van der Waals surface area contributed by atoms with Gasteiger partial charge in [0.25, 0.3) is 0 Å². The van der Waals surface area contributed by atoms with Gasteiger partial charge in [-0.3, -0.25) is 9.59 Å². The molecule has 3 aromatic carbocycles. The van der Waals surface area contributed by atoms with Crippen LogP contribution in [0.3, 0.4) is 0 Å². The van der Waals surface area contributed by atoms with Crippen molar-refractivity contribution in [3.8, 4) is 6.07 Å². The number of allylic oxidation sites excluding steroid dienone is 1. The molecule has 7 nitrogen and oxygen atoms in total. The molecule has 0 aliphatic carbocycles. The van der Waals surface area contributed by atoms with Crippen LogP contribution in [0.15, 0.2) is 90.3 Å². The SMILES string of the molecule is CN(Cc1ccccc1)c1ccccc1NC(=O)CCC(=O)C(C#N)=C1N(C)c2ccccc2N1C. The van der Waals surface area contributed by atoms with Gasteiger partial charge in [0.15, 0.2) is 5.78 Å². The molecule has 0 aromatic heterocycles. The second-order valence-corrected chi connectivity index (χ2v) is 8.75. The van der Waals surface area contributed by atoms with Crippen LogP contribution in [-0.4, -0.2) is 32.8 Å². The molecule has 1 heterocycles. The van der Waals surface area contributed by atoms with Gasteiger partial charge in [0.05, 0.1) is 22.7 Å². The standard InChI is InChI=1S/C29H29N5O2/c1-32(20-21-11-5-4-6-12-21)24-14-8-7-13-23(24)31-28(36)18-17-27(35)22(19-30)29-33(2)25-15-9-10-16-26(25)34(29)3/h4-16H,17-18,20H2,1-3H3,(H,31,36). The zero-order chi connectivity index (χ0) is 25.7. The van der Waals surface area contributed by atoms with Crippen LogP contribution in [0, 0.1) is 11.3 Å². The zero-order valence-corrected chi connectivity index (χ0v) is 20.7. The lowest BCUT2D eigenvalue weighted by Crippen LogP contribution is -2.26. The number of fused-ring (bicyclic) bond motifs is 1. The summed E-state index contributed by atoms with van der Waals surface area (Å²) in [5, 5.41) is 12.7. The van der Waals surface area contributed by atoms with E-state index in [1.165, 1.54) is 0 Å². The van der Waals surface area contributed by atoms with Crippen LogP contribution in [-0.2, 0) is 16.1 Å². The maximum atomic E-state index is 13.0. The minimum absolute atomic E-state index is 0.0194. The van der Waals surface area contributed by atoms with E-state index in [9.17, 15) is 14.9 Å². The van der Waals surface area contributed by atoms with E-state index in [4.69, 9.17) is 0 Å². The van der Waals surface area contributed by atoms with Crippen molar-refractivity contribution in [1.29, 1.82) is 5.26 Å². The van der Waals surface area contributed by atoms with Crippen molar-refractivity contribution in [2.75, 3.05) is 41.2 Å². The highest BCUT2D eigenvalue weighted by molar-refractivity contribution is 6.05. The van der Waals surface area contributed by atoms with E-state index in [-0.39, 0.29) is 30.1 Å². The molecule has 1 amide bonds. The molecule has 1 aliphatic rings. The fraction of sp³-hybridized carbons (Fsp3) is 0.207. The van der Waals surface area contributed by atoms with Crippen LogP contribution >= 0.6 is 0 Å². The van der Waals surface area contributed by atoms with E-state index >= 15 is 0 Å². The van der Waals surface area contributed by atoms with Crippen LogP contribution < -0.4 is 20.0 Å². The quantitative estimate of drug-likeness (QED) is 0.364. The molecule has 0 saturated carbocycles. The van der Waals surface area contributed by atoms with Crippen molar-refractivity contribution < 1.29 is 9.59 Å². The molecule has 0 radical (unpaired) electrons. The molecule has 0 fully saturated rings. The smallest absolute Gasteiger partial charge is 0.224 e. The highest BCUT2D eigenvalue weighted by Gasteiger charge is 2.31. The Morgan fingerprint density at radius 1 is 0.861 bits per heavy atom. The van der Waals surface area contributed by atoms with Crippen molar-refractivity contribution >= 4 is 34.4 Å². The van der Waals surface area contributed by atoms with Gasteiger partial charge in [0.2, 0.25) is 5.91 Å². The highest BCUT2D eigenvalue weighted by atomic mass is 16.2. The predicted octanol–water partition coefficient (Wildman–Crippen LogP) is 4.93. The number of anilines is 4. The van der Waals surface area contributed by atoms with Crippen LogP contribution in [0.1, 0.15) is 18.4 Å². The van der Waals surface area contributed by atoms with Gasteiger partial charge in [-0.15, -0.1) is 0 Å². The van der Waals surface area contributed by atoms with E-state index < -0.39 is 0 Å². The van der Waals surface area contributed by atoms with Gasteiger partial charge >= 0.3 is 0 Å². The van der Waals surface area contributed by atoms with Crippen LogP contribution in [0.2, 0.25) is 0 Å². The van der Waals surface area contributed by atoms with Crippen molar-refractivity contribution in [3.05, 3.63) is 95.8 Å². The second-order valence-electron chi connectivity index (χ2n) is 8.75. The number of ketones is 1. The topological polar surface area (TPSA) is 79.7 Å². The van der Waals surface area contributed by atoms with E-state index in [0.29, 0.717) is 18.1 Å². The van der Waals surface area contributed by atoms with E-state index in [0.717, 1.165) is 22.6 Å². The zero-order valence-electron chi connectivity index (χ0n) is 20.7. The molecule has 0 unspecified atom stereocenters. The number of nitriles is 1. The number of rotatable bonds is 8. The summed E-state index contributed by atoms with van der Waals surface area (Å²) in [6.07, 6.45) is -0.0767. The number of amides is 1. The Morgan fingerprint density at radius 2 is 1.44 bits per heavy atom. The first-order valence-electron chi connectivity index (χ1n) is 11.8. The molecule has 1 N–H and O–H groups in total. The highest BCUT2D eigenvalue weighted by Crippen LogP contribution is 2.40. The fourth-order valence-electron chi connectivity index (χ4n) is 4.48. The fourth-order valence-corrected chi connectivity index (χ4v) is 4.48. The van der Waals surface area contributed by atoms with Gasteiger partial charge in [-0.25, -0.2) is 0 Å². The number of Topliss-reactive ketones (excluding diaryl/α,β-unsaturated/α-hetero) is 1. The average Bonchev–Trinajstić information content (AvgIpc) is 3.14. The summed E-state index contributed by atoms with van der Waals surface area (Å²) in [5.41, 5.74) is 4.61. The normalized spacial score (nSPS) is 12.1. The molecular formula is C29H29N5O2. The molecule has 182 valence electrons. The number of benzene rings is 3. The number of carbonyl (C=O) groups excluding carboxylic acids is 2. The number of nitrogens with zero attached hydrogens (tertiary/aromatic N) is 4. The van der Waals surface area contributed by atoms with Gasteiger partial charge in [0, 0.05) is 40.5 Å². The third kappa shape index (κ3) is 5.08. The lowest BCUT2D eigenvalue weighted by molar-refractivity contribution is -0.120. The van der Waals surface area contributed by atoms with Crippen molar-refractivity contribution in [3.63, 3.8) is 0 Å². The molecule has 36 heavy (non-hydrogen) atoms. The molecule has 4 rings (SSSR count). The lowest BCUT2D eigenvalue weighted by atomic mass is 10.1. The first-order valence-corrected chi connectivity index (χ1v) is 11.8. The minimum atomic E-state index is -0.358. The summed E-state index contributed by atoms with van der Waals surface area (Å²) in [6.45, 7) is 0.689. The third-order valence-electron chi connectivity index (χ3n) is 6.29. The molecule has 3 aromatic rings. The Labute approximate surface area is 211 Å². The summed E-state index contributed by atoms with van der Waals surface area (Å²) in [6, 6.07) is 27.5. The minimum Gasteiger partial charge on any atom is -0.369 e. The molecule has 0 saturated heterocycles. The molecule has 1 aliphatic heterocycles. The Balaban J connectivity index is 1.43. The van der Waals surface area contributed by atoms with E-state index in [2.05, 4.69) is 28.4 Å². The number of hydrogen-bond acceptors (Lipinski definition) is 6. The summed E-state index contributed by atoms with van der Waals surface area (Å²) in [5.74, 6) is -0.108. The second kappa shape index (κ2) is 10.8. The maximum Gasteiger partial charge on any atom is 0.224 e. The number of para-hydroxylation sites is 4. The molecule has 0 atom stereocenters. The molecule has 0 bridgehead atoms. The largest absolute Gasteiger partial charge is 0.369 e. The molecule has 0 spiro atoms. The lowest BCUT2D eigenvalue weighted by Gasteiger charge is -2.23. The van der Waals surface area contributed by atoms with E-state index in [1.54, 1.807) is 0 Å². The van der Waals surface area contributed by atoms with E-state index in [1.807, 2.05) is 97.7 Å². The monoisotopic (exact) mass is 479 g/mol. The van der Waals surface area contributed by atoms with Gasteiger partial charge in [0.1, 0.15) is 17.5 Å². The summed E-state index contributed by atoms with van der Waals surface area (Å²) >= 11 is 0. The summed E-state index contributed by atoms with van der Waals surface area (Å²) < 4.78 is 0. The van der Waals surface area contributed by atoms with Crippen molar-refractivity contribution in [2.45, 2.75) is 19.4 Å². The first kappa shape index (κ1) is 24.6. The van der Waals surface area contributed by atoms with Gasteiger partial charge < -0.3 is 20.0 Å². The number of carbonyl (C=O) groups is 2. The Hall–Kier alpha value is -4.57. The Kier molecular flexibility index (Phi) is 7.36. The Bertz CT molecular complexity index is 1310. The first-order chi connectivity index (χ1) is 17.4. The van der Waals surface area contributed by atoms with Crippen molar-refractivity contribution in [1.82, 2.24) is 0 Å². The number of hydrogen-bond donors (Lipinski definition) is 1. The predicted molar refractivity (Wildman–Crippen MR) is 144 cm³/mol. The summed E-state index contributed by atoms with van der Waals surface area (Å²) in [7, 11) is 5.63.